The summed E-state index contributed by atoms with van der Waals surface area (Å²) in [7, 11) is 0. The number of hydrazone groups is 1. The Bertz CT molecular complexity index is 594. The monoisotopic (exact) mass is 320 g/mol. The van der Waals surface area contributed by atoms with Crippen molar-refractivity contribution in [2.24, 2.45) is 5.10 Å². The molecule has 0 bridgehead atoms. The van der Waals surface area contributed by atoms with Gasteiger partial charge in [-0.05, 0) is 29.4 Å². The number of nitrogens with zero attached hydrogens (tertiary/aromatic N) is 1. The predicted octanol–water partition coefficient (Wildman–Crippen LogP) is 4.07. The predicted molar refractivity (Wildman–Crippen MR) is 93.3 cm³/mol. The summed E-state index contributed by atoms with van der Waals surface area (Å²) in [6.45, 7) is 14.5. The zero-order valence-corrected chi connectivity index (χ0v) is 15.2. The molecule has 1 rings (SSSR count). The number of nitrogens with one attached hydrogen (secondary N) is 1. The number of benzene rings is 1. The summed E-state index contributed by atoms with van der Waals surface area (Å²) in [5, 5.41) is 14.4. The molecule has 0 fully saturated rings. The van der Waals surface area contributed by atoms with Crippen LogP contribution < -0.4 is 5.43 Å². The van der Waals surface area contributed by atoms with Gasteiger partial charge in [0, 0.05) is 11.1 Å². The van der Waals surface area contributed by atoms with Crippen LogP contribution in [0.25, 0.3) is 0 Å². The molecule has 1 amide bonds. The molecular formula is C18H28N2O3. The zero-order valence-electron chi connectivity index (χ0n) is 15.2. The van der Waals surface area contributed by atoms with E-state index in [0.717, 1.165) is 11.1 Å². The van der Waals surface area contributed by atoms with Crippen molar-refractivity contribution in [3.8, 4) is 5.75 Å². The molecule has 23 heavy (non-hydrogen) atoms. The number of carbonyl (C=O) groups excluding carboxylic acids is 1. The second kappa shape index (κ2) is 7.02. The van der Waals surface area contributed by atoms with Crippen molar-refractivity contribution in [1.82, 2.24) is 5.43 Å². The van der Waals surface area contributed by atoms with Crippen molar-refractivity contribution in [3.63, 3.8) is 0 Å². The van der Waals surface area contributed by atoms with Crippen LogP contribution in [0.15, 0.2) is 17.2 Å². The Labute approximate surface area is 138 Å². The topological polar surface area (TPSA) is 70.9 Å². The Morgan fingerprint density at radius 3 is 2.30 bits per heavy atom. The van der Waals surface area contributed by atoms with Gasteiger partial charge in [0.15, 0.2) is 0 Å². The number of phenolic OH excluding ortho intramolecular Hbond substituents is 1. The first-order chi connectivity index (χ1) is 10.5. The van der Waals surface area contributed by atoms with Gasteiger partial charge in [-0.15, -0.1) is 0 Å². The van der Waals surface area contributed by atoms with Crippen LogP contribution in [-0.2, 0) is 15.6 Å². The molecule has 5 heteroatoms. The van der Waals surface area contributed by atoms with Gasteiger partial charge in [-0.1, -0.05) is 47.6 Å². The maximum atomic E-state index is 11.3. The fraction of sp³-hybridized carbons (Fsp3) is 0.556. The van der Waals surface area contributed by atoms with Gasteiger partial charge in [0.1, 0.15) is 5.75 Å². The van der Waals surface area contributed by atoms with E-state index in [4.69, 9.17) is 4.74 Å². The standard InChI is InChI=1S/C18H28N2O3/c1-8-23-16(22)20-19-11-12-9-13(17(2,3)4)10-14(15(12)21)18(5,6)7/h9-11,21H,8H2,1-7H3,(H,20,22). The van der Waals surface area contributed by atoms with Crippen LogP contribution in [0.1, 0.15) is 65.2 Å². The van der Waals surface area contributed by atoms with E-state index in [9.17, 15) is 9.90 Å². The average molecular weight is 320 g/mol. The average Bonchev–Trinajstić information content (AvgIpc) is 2.38. The van der Waals surface area contributed by atoms with Crippen molar-refractivity contribution in [2.75, 3.05) is 6.61 Å². The van der Waals surface area contributed by atoms with Gasteiger partial charge in [0.2, 0.25) is 0 Å². The fourth-order valence-electron chi connectivity index (χ4n) is 2.08. The summed E-state index contributed by atoms with van der Waals surface area (Å²) in [5.41, 5.74) is 4.52. The summed E-state index contributed by atoms with van der Waals surface area (Å²) in [4.78, 5) is 11.3. The van der Waals surface area contributed by atoms with E-state index in [-0.39, 0.29) is 23.2 Å². The second-order valence-corrected chi connectivity index (χ2v) is 7.55. The summed E-state index contributed by atoms with van der Waals surface area (Å²) in [6.07, 6.45) is 0.822. The highest BCUT2D eigenvalue weighted by atomic mass is 16.5. The number of phenols is 1. The largest absolute Gasteiger partial charge is 0.507 e. The maximum absolute atomic E-state index is 11.3. The Balaban J connectivity index is 3.25. The second-order valence-electron chi connectivity index (χ2n) is 7.55. The number of hydrogen-bond acceptors (Lipinski definition) is 4. The lowest BCUT2D eigenvalue weighted by molar-refractivity contribution is 0.152. The van der Waals surface area contributed by atoms with Crippen molar-refractivity contribution in [3.05, 3.63) is 28.8 Å². The van der Waals surface area contributed by atoms with Gasteiger partial charge in [-0.3, -0.25) is 0 Å². The molecular weight excluding hydrogens is 292 g/mol. The highest BCUT2D eigenvalue weighted by Gasteiger charge is 2.24. The van der Waals surface area contributed by atoms with Crippen LogP contribution in [0.5, 0.6) is 5.75 Å². The van der Waals surface area contributed by atoms with Gasteiger partial charge in [-0.25, -0.2) is 10.2 Å². The molecule has 2 N–H and O–H groups in total. The summed E-state index contributed by atoms with van der Waals surface area (Å²) in [6, 6.07) is 3.92. The normalized spacial score (nSPS) is 12.5. The Morgan fingerprint density at radius 1 is 1.22 bits per heavy atom. The Hall–Kier alpha value is -2.04. The van der Waals surface area contributed by atoms with Crippen LogP contribution >= 0.6 is 0 Å². The minimum atomic E-state index is -0.619. The number of aromatic hydroxyl groups is 1. The molecule has 1 aromatic rings. The minimum absolute atomic E-state index is 0.0646. The Morgan fingerprint density at radius 2 is 1.83 bits per heavy atom. The Kier molecular flexibility index (Phi) is 5.81. The van der Waals surface area contributed by atoms with Gasteiger partial charge in [0.25, 0.3) is 0 Å². The van der Waals surface area contributed by atoms with Gasteiger partial charge in [0.05, 0.1) is 12.8 Å². The molecule has 0 heterocycles. The van der Waals surface area contributed by atoms with Crippen LogP contribution in [0, 0.1) is 0 Å². The number of amides is 1. The molecule has 0 radical (unpaired) electrons. The third kappa shape index (κ3) is 5.27. The molecule has 0 unspecified atom stereocenters. The maximum Gasteiger partial charge on any atom is 0.427 e. The van der Waals surface area contributed by atoms with E-state index < -0.39 is 6.09 Å². The zero-order chi connectivity index (χ0) is 17.8. The molecule has 0 aliphatic heterocycles. The first-order valence-corrected chi connectivity index (χ1v) is 7.80. The van der Waals surface area contributed by atoms with Crippen LogP contribution in [-0.4, -0.2) is 24.0 Å². The third-order valence-corrected chi connectivity index (χ3v) is 3.45. The van der Waals surface area contributed by atoms with Crippen LogP contribution in [0.4, 0.5) is 4.79 Å². The number of hydrogen-bond donors (Lipinski definition) is 2. The molecule has 0 atom stereocenters. The molecule has 0 aliphatic rings. The van der Waals surface area contributed by atoms with E-state index in [0.29, 0.717) is 5.56 Å². The van der Waals surface area contributed by atoms with Gasteiger partial charge in [-0.2, -0.15) is 5.10 Å². The fourth-order valence-corrected chi connectivity index (χ4v) is 2.08. The molecule has 0 aliphatic carbocycles. The molecule has 0 spiro atoms. The molecule has 128 valence electrons. The lowest BCUT2D eigenvalue weighted by atomic mass is 9.79. The third-order valence-electron chi connectivity index (χ3n) is 3.45. The number of rotatable bonds is 3. The van der Waals surface area contributed by atoms with Crippen molar-refractivity contribution >= 4 is 12.3 Å². The van der Waals surface area contributed by atoms with E-state index in [1.54, 1.807) is 6.92 Å². The van der Waals surface area contributed by atoms with Gasteiger partial charge < -0.3 is 9.84 Å². The van der Waals surface area contributed by atoms with E-state index >= 15 is 0 Å². The van der Waals surface area contributed by atoms with Crippen molar-refractivity contribution in [2.45, 2.75) is 59.3 Å². The number of carbonyl (C=O) groups is 1. The van der Waals surface area contributed by atoms with Crippen LogP contribution in [0.2, 0.25) is 0 Å². The summed E-state index contributed by atoms with van der Waals surface area (Å²) < 4.78 is 4.74. The quantitative estimate of drug-likeness (QED) is 0.651. The molecule has 0 saturated carbocycles. The number of ether oxygens (including phenoxy) is 1. The lowest BCUT2D eigenvalue weighted by Crippen LogP contribution is -2.19. The van der Waals surface area contributed by atoms with Crippen LogP contribution in [0.3, 0.4) is 0 Å². The summed E-state index contributed by atoms with van der Waals surface area (Å²) in [5.74, 6) is 0.180. The lowest BCUT2D eigenvalue weighted by Gasteiger charge is -2.26. The van der Waals surface area contributed by atoms with Crippen molar-refractivity contribution in [1.29, 1.82) is 0 Å². The first kappa shape index (κ1) is 19.0. The SMILES string of the molecule is CCOC(=O)NN=Cc1cc(C(C)(C)C)cc(C(C)(C)C)c1O. The van der Waals surface area contributed by atoms with Gasteiger partial charge >= 0.3 is 6.09 Å². The molecule has 1 aromatic carbocycles. The first-order valence-electron chi connectivity index (χ1n) is 7.80. The molecule has 0 saturated heterocycles. The van der Waals surface area contributed by atoms with E-state index in [1.165, 1.54) is 6.21 Å². The smallest absolute Gasteiger partial charge is 0.427 e. The minimum Gasteiger partial charge on any atom is -0.507 e. The van der Waals surface area contributed by atoms with E-state index in [1.807, 2.05) is 32.9 Å². The molecule has 0 aromatic heterocycles. The van der Waals surface area contributed by atoms with E-state index in [2.05, 4.69) is 31.3 Å². The molecule has 5 nitrogen and oxygen atoms in total. The highest BCUT2D eigenvalue weighted by Crippen LogP contribution is 2.36. The summed E-state index contributed by atoms with van der Waals surface area (Å²) >= 11 is 0. The van der Waals surface area contributed by atoms with Crippen molar-refractivity contribution < 1.29 is 14.6 Å². The highest BCUT2D eigenvalue weighted by molar-refractivity contribution is 5.85.